The highest BCUT2D eigenvalue weighted by atomic mass is 16.3. The second kappa shape index (κ2) is 5.84. The van der Waals surface area contributed by atoms with Gasteiger partial charge in [-0.3, -0.25) is 10.1 Å². The molecule has 15 heavy (non-hydrogen) atoms. The van der Waals surface area contributed by atoms with E-state index in [-0.39, 0.29) is 18.1 Å². The molecule has 1 rings (SSSR count). The Kier molecular flexibility index (Phi) is 4.39. The van der Waals surface area contributed by atoms with Crippen LogP contribution in [-0.4, -0.2) is 24.0 Å². The number of carbonyl (C=O) groups excluding carboxylic acids is 1. The molecular weight excluding hydrogens is 190 g/mol. The summed E-state index contributed by atoms with van der Waals surface area (Å²) in [5.41, 5.74) is 0.808. The molecule has 0 aliphatic heterocycles. The lowest BCUT2D eigenvalue weighted by atomic mass is 10.1. The van der Waals surface area contributed by atoms with Crippen LogP contribution < -0.4 is 5.32 Å². The summed E-state index contributed by atoms with van der Waals surface area (Å²) >= 11 is 0. The number of phenolic OH excluding ortho intramolecular Hbond substituents is 1. The van der Waals surface area contributed by atoms with Crippen molar-refractivity contribution in [3.63, 3.8) is 0 Å². The van der Waals surface area contributed by atoms with E-state index in [1.807, 2.05) is 0 Å². The highest BCUT2D eigenvalue weighted by Crippen LogP contribution is 2.11. The molecular formula is C12H13NO2. The third-order valence-electron chi connectivity index (χ3n) is 1.86. The van der Waals surface area contributed by atoms with E-state index >= 15 is 0 Å². The van der Waals surface area contributed by atoms with Crippen LogP contribution in [0.4, 0.5) is 0 Å². The van der Waals surface area contributed by atoms with Crippen LogP contribution in [0.1, 0.15) is 5.56 Å². The van der Waals surface area contributed by atoms with Crippen molar-refractivity contribution in [2.24, 2.45) is 0 Å². The number of hydrogen-bond acceptors (Lipinski definition) is 3. The van der Waals surface area contributed by atoms with Gasteiger partial charge < -0.3 is 5.11 Å². The van der Waals surface area contributed by atoms with Gasteiger partial charge in [-0.25, -0.2) is 0 Å². The average molecular weight is 203 g/mol. The third kappa shape index (κ3) is 4.30. The Hall–Kier alpha value is -1.79. The van der Waals surface area contributed by atoms with Gasteiger partial charge in [-0.1, -0.05) is 18.1 Å². The molecule has 0 amide bonds. The van der Waals surface area contributed by atoms with E-state index in [1.54, 1.807) is 24.3 Å². The fraction of sp³-hybridized carbons (Fsp3) is 0.250. The summed E-state index contributed by atoms with van der Waals surface area (Å²) in [4.78, 5) is 11.4. The predicted molar refractivity (Wildman–Crippen MR) is 58.5 cm³/mol. The van der Waals surface area contributed by atoms with Crippen molar-refractivity contribution in [1.82, 2.24) is 5.32 Å². The zero-order valence-corrected chi connectivity index (χ0v) is 8.36. The van der Waals surface area contributed by atoms with Crippen molar-refractivity contribution in [3.05, 3.63) is 29.8 Å². The lowest BCUT2D eigenvalue weighted by molar-refractivity contribution is -0.117. The first-order valence-corrected chi connectivity index (χ1v) is 4.66. The molecule has 3 heteroatoms. The molecule has 0 aliphatic carbocycles. The van der Waals surface area contributed by atoms with Crippen molar-refractivity contribution >= 4 is 5.78 Å². The highest BCUT2D eigenvalue weighted by molar-refractivity contribution is 5.82. The molecule has 0 spiro atoms. The molecule has 0 unspecified atom stereocenters. The first-order chi connectivity index (χ1) is 7.22. The van der Waals surface area contributed by atoms with E-state index in [4.69, 9.17) is 6.42 Å². The number of aromatic hydroxyl groups is 1. The fourth-order valence-electron chi connectivity index (χ4n) is 1.23. The second-order valence-corrected chi connectivity index (χ2v) is 3.19. The van der Waals surface area contributed by atoms with E-state index in [9.17, 15) is 9.90 Å². The maximum atomic E-state index is 11.4. The van der Waals surface area contributed by atoms with Crippen LogP contribution in [0.25, 0.3) is 0 Å². The van der Waals surface area contributed by atoms with Crippen LogP contribution in [0, 0.1) is 12.3 Å². The number of nitrogens with one attached hydrogen (secondary N) is 1. The molecule has 0 aromatic heterocycles. The molecule has 78 valence electrons. The first-order valence-electron chi connectivity index (χ1n) is 4.66. The van der Waals surface area contributed by atoms with Crippen molar-refractivity contribution in [3.8, 4) is 18.1 Å². The molecule has 1 aromatic rings. The Morgan fingerprint density at radius 2 is 2.33 bits per heavy atom. The number of phenols is 1. The number of ketones is 1. The minimum absolute atomic E-state index is 0.0517. The number of carbonyl (C=O) groups is 1. The summed E-state index contributed by atoms with van der Waals surface area (Å²) in [5.74, 6) is 2.62. The molecule has 3 nitrogen and oxygen atoms in total. The largest absolute Gasteiger partial charge is 0.508 e. The molecule has 0 bridgehead atoms. The van der Waals surface area contributed by atoms with Gasteiger partial charge in [-0.15, -0.1) is 6.42 Å². The number of hydrogen-bond donors (Lipinski definition) is 2. The predicted octanol–water partition coefficient (Wildman–Crippen LogP) is 0.727. The molecule has 0 atom stereocenters. The smallest absolute Gasteiger partial charge is 0.150 e. The van der Waals surface area contributed by atoms with Gasteiger partial charge in [0.2, 0.25) is 0 Å². The number of benzene rings is 1. The van der Waals surface area contributed by atoms with Crippen molar-refractivity contribution in [2.75, 3.05) is 13.1 Å². The van der Waals surface area contributed by atoms with Gasteiger partial charge >= 0.3 is 0 Å². The molecule has 0 radical (unpaired) electrons. The molecule has 1 aromatic carbocycles. The van der Waals surface area contributed by atoms with Crippen LogP contribution in [0.5, 0.6) is 5.75 Å². The average Bonchev–Trinajstić information content (AvgIpc) is 2.18. The van der Waals surface area contributed by atoms with E-state index in [1.165, 1.54) is 0 Å². The summed E-state index contributed by atoms with van der Waals surface area (Å²) in [6.45, 7) is 0.658. The topological polar surface area (TPSA) is 49.3 Å². The van der Waals surface area contributed by atoms with Gasteiger partial charge in [0.25, 0.3) is 0 Å². The van der Waals surface area contributed by atoms with Gasteiger partial charge in [0.15, 0.2) is 5.78 Å². The molecule has 2 N–H and O–H groups in total. The molecule has 0 saturated carbocycles. The zero-order valence-electron chi connectivity index (χ0n) is 8.36. The lowest BCUT2D eigenvalue weighted by Crippen LogP contribution is -2.24. The molecule has 0 saturated heterocycles. The van der Waals surface area contributed by atoms with Gasteiger partial charge in [-0.05, 0) is 17.7 Å². The monoisotopic (exact) mass is 203 g/mol. The Labute approximate surface area is 89.1 Å². The van der Waals surface area contributed by atoms with Gasteiger partial charge in [0, 0.05) is 6.42 Å². The van der Waals surface area contributed by atoms with E-state index < -0.39 is 0 Å². The quantitative estimate of drug-likeness (QED) is 0.548. The van der Waals surface area contributed by atoms with Crippen LogP contribution in [-0.2, 0) is 11.2 Å². The maximum absolute atomic E-state index is 11.4. The number of rotatable bonds is 5. The summed E-state index contributed by atoms with van der Waals surface area (Å²) in [6, 6.07) is 6.68. The van der Waals surface area contributed by atoms with Gasteiger partial charge in [-0.2, -0.15) is 0 Å². The zero-order chi connectivity index (χ0) is 11.1. The minimum atomic E-state index is 0.0517. The third-order valence-corrected chi connectivity index (χ3v) is 1.86. The normalized spacial score (nSPS) is 9.53. The second-order valence-electron chi connectivity index (χ2n) is 3.19. The van der Waals surface area contributed by atoms with E-state index in [0.717, 1.165) is 5.56 Å². The maximum Gasteiger partial charge on any atom is 0.150 e. The van der Waals surface area contributed by atoms with Crippen LogP contribution in [0.15, 0.2) is 24.3 Å². The first kappa shape index (κ1) is 11.3. The SMILES string of the molecule is C#CCNCC(=O)Cc1cccc(O)c1. The van der Waals surface area contributed by atoms with Crippen molar-refractivity contribution in [2.45, 2.75) is 6.42 Å². The Bertz CT molecular complexity index is 379. The van der Waals surface area contributed by atoms with Crippen LogP contribution >= 0.6 is 0 Å². The number of terminal acetylenes is 1. The van der Waals surface area contributed by atoms with Crippen LogP contribution in [0.3, 0.4) is 0 Å². The summed E-state index contributed by atoms with van der Waals surface area (Å²) in [5, 5.41) is 12.0. The molecule has 0 fully saturated rings. The summed E-state index contributed by atoms with van der Waals surface area (Å²) < 4.78 is 0. The van der Waals surface area contributed by atoms with Gasteiger partial charge in [0.1, 0.15) is 5.75 Å². The van der Waals surface area contributed by atoms with Crippen molar-refractivity contribution in [1.29, 1.82) is 0 Å². The Balaban J connectivity index is 2.42. The fourth-order valence-corrected chi connectivity index (χ4v) is 1.23. The van der Waals surface area contributed by atoms with Crippen LogP contribution in [0.2, 0.25) is 0 Å². The Morgan fingerprint density at radius 1 is 1.53 bits per heavy atom. The molecule has 0 aliphatic rings. The van der Waals surface area contributed by atoms with Gasteiger partial charge in [0.05, 0.1) is 13.1 Å². The van der Waals surface area contributed by atoms with E-state index in [0.29, 0.717) is 13.0 Å². The number of Topliss-reactive ketones (excluding diaryl/α,β-unsaturated/α-hetero) is 1. The highest BCUT2D eigenvalue weighted by Gasteiger charge is 2.03. The summed E-state index contributed by atoms with van der Waals surface area (Å²) in [7, 11) is 0. The van der Waals surface area contributed by atoms with Crippen molar-refractivity contribution < 1.29 is 9.90 Å². The summed E-state index contributed by atoms with van der Waals surface area (Å²) in [6.07, 6.45) is 5.34. The standard InChI is InChI=1S/C12H13NO2/c1-2-6-13-9-12(15)8-10-4-3-5-11(14)7-10/h1,3-5,7,13-14H,6,8-9H2. The van der Waals surface area contributed by atoms with E-state index in [2.05, 4.69) is 11.2 Å². The Morgan fingerprint density at radius 3 is 3.00 bits per heavy atom. The molecule has 0 heterocycles. The lowest BCUT2D eigenvalue weighted by Gasteiger charge is -2.02. The minimum Gasteiger partial charge on any atom is -0.508 e.